The first kappa shape index (κ1) is 53.7. The molecule has 1 heterocycles. The lowest BCUT2D eigenvalue weighted by Crippen LogP contribution is -2.46. The van der Waals surface area contributed by atoms with E-state index in [4.69, 9.17) is 10.5 Å². The summed E-state index contributed by atoms with van der Waals surface area (Å²) in [6.45, 7) is 12.4. The Labute approximate surface area is 371 Å². The van der Waals surface area contributed by atoms with E-state index < -0.39 is 42.0 Å². The number of imide groups is 1. The number of carbonyl (C=O) groups excluding carboxylic acids is 10. The minimum atomic E-state index is -0.849. The van der Waals surface area contributed by atoms with Crippen molar-refractivity contribution in [2.45, 2.75) is 144 Å². The minimum Gasteiger partial charge on any atom is -0.445 e. The molecule has 1 fully saturated rings. The molecule has 0 radical (unpaired) electrons. The fraction of sp³-hybridized carbons (Fsp3) is 0.652. The Hall–Kier alpha value is -5.48. The average molecular weight is 883 g/mol. The van der Waals surface area contributed by atoms with E-state index in [2.05, 4.69) is 16.0 Å². The Kier molecular flexibility index (Phi) is 22.9. The van der Waals surface area contributed by atoms with Gasteiger partial charge >= 0.3 is 12.1 Å². The van der Waals surface area contributed by atoms with Crippen LogP contribution in [0.1, 0.15) is 131 Å². The number of nitrogens with zero attached hydrogens (tertiary/aromatic N) is 2. The molecule has 7 amide bonds. The number of benzene rings is 1. The number of likely N-dealkylation sites (N-methyl/N-ethyl adjacent to an activating group) is 1. The van der Waals surface area contributed by atoms with E-state index in [1.165, 1.54) is 18.9 Å². The lowest BCUT2D eigenvalue weighted by Gasteiger charge is -2.31. The Morgan fingerprint density at radius 1 is 0.778 bits per heavy atom. The van der Waals surface area contributed by atoms with Crippen molar-refractivity contribution >= 4 is 64.6 Å². The van der Waals surface area contributed by atoms with Crippen LogP contribution in [0.3, 0.4) is 0 Å². The molecule has 2 rings (SSSR count). The number of ether oxygens (including phenoxy) is 1. The number of urea groups is 1. The predicted octanol–water partition coefficient (Wildman–Crippen LogP) is 5.26. The largest absolute Gasteiger partial charge is 0.445 e. The highest BCUT2D eigenvalue weighted by Crippen LogP contribution is 2.23. The Morgan fingerprint density at radius 2 is 1.38 bits per heavy atom. The van der Waals surface area contributed by atoms with Crippen LogP contribution in [-0.2, 0) is 49.7 Å². The normalized spacial score (nSPS) is 14.6. The third-order valence-corrected chi connectivity index (χ3v) is 11.3. The molecular formula is C46H70N6O11. The summed E-state index contributed by atoms with van der Waals surface area (Å²) in [5.41, 5.74) is 6.23. The van der Waals surface area contributed by atoms with E-state index in [9.17, 15) is 47.9 Å². The number of carbonyl (C=O) groups is 10. The fourth-order valence-corrected chi connectivity index (χ4v) is 7.65. The van der Waals surface area contributed by atoms with Gasteiger partial charge in [-0.25, -0.2) is 9.59 Å². The smallest absolute Gasteiger partial charge is 0.410 e. The third kappa shape index (κ3) is 18.8. The Bertz CT molecular complexity index is 1760. The van der Waals surface area contributed by atoms with Gasteiger partial charge in [0.2, 0.25) is 23.6 Å². The second-order valence-corrected chi connectivity index (χ2v) is 17.6. The van der Waals surface area contributed by atoms with E-state index >= 15 is 0 Å². The van der Waals surface area contributed by atoms with Crippen LogP contribution in [0.15, 0.2) is 24.3 Å². The van der Waals surface area contributed by atoms with Crippen LogP contribution in [0.2, 0.25) is 0 Å². The highest BCUT2D eigenvalue weighted by Gasteiger charge is 2.34. The van der Waals surface area contributed by atoms with Crippen molar-refractivity contribution in [3.8, 4) is 0 Å². The zero-order valence-corrected chi connectivity index (χ0v) is 38.4. The van der Waals surface area contributed by atoms with Crippen molar-refractivity contribution in [1.29, 1.82) is 0 Å². The van der Waals surface area contributed by atoms with Gasteiger partial charge in [-0.2, -0.15) is 0 Å². The SMILES string of the molecule is CC(=O)[C@@H](CC(=O)[C@H](C(C)C)N(C)C(=O)OCc1ccc(NC(=O)[C@H](CCCNC(N)=O)CC(=O)[C@@H](NC(=O)CCCCCCC(=O)CN2C(=O)CCC2=O)C(C)C)cc1)C(C)C. The van der Waals surface area contributed by atoms with Crippen LogP contribution in [0.5, 0.6) is 0 Å². The maximum atomic E-state index is 13.7. The van der Waals surface area contributed by atoms with Crippen molar-refractivity contribution < 1.29 is 52.7 Å². The topological polar surface area (TPSA) is 249 Å². The van der Waals surface area contributed by atoms with Gasteiger partial charge in [-0.05, 0) is 68.1 Å². The molecule has 4 atom stereocenters. The lowest BCUT2D eigenvalue weighted by atomic mass is 9.84. The highest BCUT2D eigenvalue weighted by atomic mass is 16.6. The summed E-state index contributed by atoms with van der Waals surface area (Å²) in [5.74, 6) is -3.97. The summed E-state index contributed by atoms with van der Waals surface area (Å²) >= 11 is 0. The summed E-state index contributed by atoms with van der Waals surface area (Å²) in [6, 6.07) is 4.23. The molecule has 5 N–H and O–H groups in total. The van der Waals surface area contributed by atoms with Gasteiger partial charge in [-0.1, -0.05) is 66.5 Å². The van der Waals surface area contributed by atoms with Gasteiger partial charge < -0.3 is 31.3 Å². The number of primary amides is 1. The van der Waals surface area contributed by atoms with Crippen LogP contribution in [0.25, 0.3) is 0 Å². The molecule has 0 saturated carbocycles. The molecule has 0 aromatic heterocycles. The number of anilines is 1. The van der Waals surface area contributed by atoms with E-state index in [1.54, 1.807) is 38.1 Å². The molecule has 0 bridgehead atoms. The summed E-state index contributed by atoms with van der Waals surface area (Å²) in [4.78, 5) is 128. The van der Waals surface area contributed by atoms with Crippen LogP contribution < -0.4 is 21.7 Å². The minimum absolute atomic E-state index is 0.0247. The zero-order valence-electron chi connectivity index (χ0n) is 38.4. The lowest BCUT2D eigenvalue weighted by molar-refractivity contribution is -0.142. The summed E-state index contributed by atoms with van der Waals surface area (Å²) in [6.07, 6.45) is 2.84. The van der Waals surface area contributed by atoms with E-state index in [0.29, 0.717) is 43.4 Å². The zero-order chi connectivity index (χ0) is 47.4. The molecule has 1 aliphatic heterocycles. The molecule has 17 heteroatoms. The van der Waals surface area contributed by atoms with Crippen LogP contribution in [-0.4, -0.2) is 101 Å². The second kappa shape index (κ2) is 26.9. The number of amides is 7. The van der Waals surface area contributed by atoms with Crippen molar-refractivity contribution in [2.75, 3.05) is 25.5 Å². The monoisotopic (exact) mass is 883 g/mol. The molecule has 63 heavy (non-hydrogen) atoms. The van der Waals surface area contributed by atoms with Crippen molar-refractivity contribution in [3.63, 3.8) is 0 Å². The number of hydrogen-bond acceptors (Lipinski definition) is 11. The summed E-state index contributed by atoms with van der Waals surface area (Å²) in [5, 5.41) is 8.15. The number of hydrogen-bond donors (Lipinski definition) is 4. The summed E-state index contributed by atoms with van der Waals surface area (Å²) < 4.78 is 5.53. The summed E-state index contributed by atoms with van der Waals surface area (Å²) in [7, 11) is 1.50. The number of likely N-dealkylation sites (tertiary alicyclic amines) is 1. The molecule has 17 nitrogen and oxygen atoms in total. The number of ketones is 4. The molecule has 0 spiro atoms. The van der Waals surface area contributed by atoms with Gasteiger partial charge in [0, 0.05) is 69.6 Å². The van der Waals surface area contributed by atoms with Crippen molar-refractivity contribution in [3.05, 3.63) is 29.8 Å². The number of nitrogens with one attached hydrogen (secondary N) is 3. The van der Waals surface area contributed by atoms with Crippen LogP contribution in [0.4, 0.5) is 15.3 Å². The van der Waals surface area contributed by atoms with Gasteiger partial charge in [-0.15, -0.1) is 0 Å². The van der Waals surface area contributed by atoms with Gasteiger partial charge in [0.05, 0.1) is 18.6 Å². The molecular weight excluding hydrogens is 813 g/mol. The highest BCUT2D eigenvalue weighted by molar-refractivity contribution is 6.04. The third-order valence-electron chi connectivity index (χ3n) is 11.3. The second-order valence-electron chi connectivity index (χ2n) is 17.6. The first-order chi connectivity index (χ1) is 29.6. The number of Topliss-reactive ketones (excluding diaryl/α,β-unsaturated/α-hetero) is 4. The number of rotatable bonds is 29. The van der Waals surface area contributed by atoms with E-state index in [1.807, 2.05) is 27.7 Å². The van der Waals surface area contributed by atoms with Gasteiger partial charge in [0.25, 0.3) is 0 Å². The van der Waals surface area contributed by atoms with Crippen LogP contribution >= 0.6 is 0 Å². The Balaban J connectivity index is 1.96. The molecule has 1 saturated heterocycles. The first-order valence-corrected chi connectivity index (χ1v) is 22.2. The standard InChI is InChI=1S/C46H70N6O11/c1-28(2)36(31(7)53)25-38(56)43(30(5)6)51(8)46(62)63-27-32-17-19-34(20-18-32)49-44(60)33(14-13-23-48-45(47)61)24-37(55)42(29(3)4)50-39(57)16-12-10-9-11-15-35(54)26-52-40(58)21-22-41(52)59/h17-20,28-30,33,36,42-43H,9-16,21-27H2,1-8H3,(H,49,60)(H,50,57)(H3,47,48,61)/t33-,36+,42+,43+/m1/s1. The molecule has 0 unspecified atom stereocenters. The molecule has 350 valence electrons. The predicted molar refractivity (Wildman–Crippen MR) is 236 cm³/mol. The van der Waals surface area contributed by atoms with Gasteiger partial charge in [0.15, 0.2) is 17.3 Å². The van der Waals surface area contributed by atoms with Crippen LogP contribution in [0, 0.1) is 29.6 Å². The Morgan fingerprint density at radius 3 is 1.92 bits per heavy atom. The molecule has 1 aliphatic rings. The fourth-order valence-electron chi connectivity index (χ4n) is 7.65. The van der Waals surface area contributed by atoms with E-state index in [0.717, 1.165) is 4.90 Å². The van der Waals surface area contributed by atoms with E-state index in [-0.39, 0.29) is 123 Å². The van der Waals surface area contributed by atoms with Gasteiger partial charge in [-0.3, -0.25) is 43.3 Å². The average Bonchev–Trinajstić information content (AvgIpc) is 3.52. The van der Waals surface area contributed by atoms with Crippen molar-refractivity contribution in [1.82, 2.24) is 20.4 Å². The molecule has 1 aromatic carbocycles. The maximum Gasteiger partial charge on any atom is 0.410 e. The molecule has 0 aliphatic carbocycles. The first-order valence-electron chi connectivity index (χ1n) is 22.2. The number of nitrogens with two attached hydrogens (primary N) is 1. The van der Waals surface area contributed by atoms with Crippen molar-refractivity contribution in [2.24, 2.45) is 35.3 Å². The molecule has 1 aromatic rings. The quantitative estimate of drug-likeness (QED) is 0.0597. The number of unbranched alkanes of at least 4 members (excludes halogenated alkanes) is 3. The maximum absolute atomic E-state index is 13.7. The van der Waals surface area contributed by atoms with Gasteiger partial charge in [0.1, 0.15) is 12.4 Å².